The van der Waals surface area contributed by atoms with Crippen LogP contribution in [-0.2, 0) is 0 Å². The highest BCUT2D eigenvalue weighted by Gasteiger charge is 2.90. The number of nitrogens with zero attached hydrogens (tertiary/aromatic N) is 1. The van der Waals surface area contributed by atoms with Gasteiger partial charge in [0.05, 0.1) is 12.7 Å². The minimum atomic E-state index is -7.85. The first kappa shape index (κ1) is 37.3. The lowest BCUT2D eigenvalue weighted by Gasteiger charge is -2.39. The van der Waals surface area contributed by atoms with Gasteiger partial charge in [0.1, 0.15) is 6.20 Å². The Kier molecular flexibility index (Phi) is 14.0. The van der Waals surface area contributed by atoms with Gasteiger partial charge >= 0.3 is 35.8 Å². The van der Waals surface area contributed by atoms with Gasteiger partial charge in [-0.15, -0.1) is 0 Å². The molecule has 0 saturated carbocycles. The Morgan fingerprint density at radius 3 is 1.61 bits per heavy atom. The minimum absolute atomic E-state index is 0. The third kappa shape index (κ3) is 8.41. The highest BCUT2D eigenvalue weighted by Crippen LogP contribution is 2.60. The Hall–Kier alpha value is -0.680. The topological polar surface area (TPSA) is 7.68 Å². The first-order valence-corrected chi connectivity index (χ1v) is 12.0. The van der Waals surface area contributed by atoms with E-state index in [1.54, 1.807) is 6.20 Å². The van der Waals surface area contributed by atoms with Crippen molar-refractivity contribution in [2.24, 2.45) is 0 Å². The molecule has 0 saturated heterocycles. The molecular formula is C22H32F13IN2. The molecule has 228 valence electrons. The molecule has 1 heterocycles. The predicted molar refractivity (Wildman–Crippen MR) is 109 cm³/mol. The van der Waals surface area contributed by atoms with Gasteiger partial charge in [0.2, 0.25) is 0 Å². The maximum atomic E-state index is 13.9. The molecule has 1 unspecified atom stereocenters. The Bertz CT molecular complexity index is 727. The van der Waals surface area contributed by atoms with Crippen molar-refractivity contribution in [2.75, 3.05) is 19.8 Å². The molecule has 0 aromatic carbocycles. The van der Waals surface area contributed by atoms with Crippen LogP contribution in [0.3, 0.4) is 0 Å². The fourth-order valence-electron chi connectivity index (χ4n) is 3.84. The lowest BCUT2D eigenvalue weighted by Crippen LogP contribution is -3.07. The zero-order valence-corrected chi connectivity index (χ0v) is 22.7. The van der Waals surface area contributed by atoms with Crippen LogP contribution >= 0.6 is 0 Å². The molecule has 16 heteroatoms. The predicted octanol–water partition coefficient (Wildman–Crippen LogP) is 4.28. The highest BCUT2D eigenvalue weighted by molar-refractivity contribution is 5.10. The number of halogens is 14. The summed E-state index contributed by atoms with van der Waals surface area (Å²) < 4.78 is 171. The second-order valence-corrected chi connectivity index (χ2v) is 9.27. The molecule has 0 spiro atoms. The Morgan fingerprint density at radius 2 is 1.11 bits per heavy atom. The second-order valence-electron chi connectivity index (χ2n) is 9.27. The number of alkyl halides is 13. The van der Waals surface area contributed by atoms with Crippen molar-refractivity contribution >= 4 is 0 Å². The van der Waals surface area contributed by atoms with Crippen molar-refractivity contribution in [2.45, 2.75) is 107 Å². The summed E-state index contributed by atoms with van der Waals surface area (Å²) in [6.45, 7) is 2.65. The van der Waals surface area contributed by atoms with Crippen molar-refractivity contribution < 1.29 is 86.0 Å². The van der Waals surface area contributed by atoms with Crippen LogP contribution in [-0.4, -0.2) is 60.4 Å². The first-order chi connectivity index (χ1) is 16.8. The van der Waals surface area contributed by atoms with Crippen molar-refractivity contribution in [3.05, 3.63) is 12.4 Å². The normalized spacial score (nSPS) is 17.7. The minimum Gasteiger partial charge on any atom is -1.00 e. The van der Waals surface area contributed by atoms with E-state index < -0.39 is 48.6 Å². The summed E-state index contributed by atoms with van der Waals surface area (Å²) in [5, 5.41) is 0. The van der Waals surface area contributed by atoms with Crippen molar-refractivity contribution in [3.63, 3.8) is 0 Å². The molecule has 38 heavy (non-hydrogen) atoms. The second kappa shape index (κ2) is 14.3. The Morgan fingerprint density at radius 1 is 0.632 bits per heavy atom. The van der Waals surface area contributed by atoms with E-state index in [-0.39, 0.29) is 37.2 Å². The number of hydrogen-bond donors (Lipinski definition) is 1. The number of quaternary nitrogens is 1. The largest absolute Gasteiger partial charge is 1.00 e. The van der Waals surface area contributed by atoms with Gasteiger partial charge in [0.25, 0.3) is 0 Å². The van der Waals surface area contributed by atoms with E-state index in [1.165, 1.54) is 23.9 Å². The molecule has 0 amide bonds. The van der Waals surface area contributed by atoms with E-state index in [9.17, 15) is 57.1 Å². The molecule has 0 aliphatic carbocycles. The number of rotatable bonds is 17. The summed E-state index contributed by atoms with van der Waals surface area (Å²) in [6.07, 6.45) is 1.26. The monoisotopic (exact) mass is 698 g/mol. The van der Waals surface area contributed by atoms with Crippen molar-refractivity contribution in [1.82, 2.24) is 4.90 Å². The average molecular weight is 698 g/mol. The zero-order chi connectivity index (χ0) is 28.8. The van der Waals surface area contributed by atoms with Crippen LogP contribution in [0, 0.1) is 0 Å². The maximum absolute atomic E-state index is 13.9. The smallest absolute Gasteiger partial charge is 0.460 e. The van der Waals surface area contributed by atoms with Crippen LogP contribution in [0.1, 0.15) is 71.1 Å². The summed E-state index contributed by atoms with van der Waals surface area (Å²) in [6, 6.07) is 0. The highest BCUT2D eigenvalue weighted by atomic mass is 127. The third-order valence-corrected chi connectivity index (χ3v) is 6.21. The van der Waals surface area contributed by atoms with Gasteiger partial charge in [-0.25, -0.2) is 0 Å². The zero-order valence-electron chi connectivity index (χ0n) is 20.6. The molecule has 2 nitrogen and oxygen atoms in total. The van der Waals surface area contributed by atoms with Gasteiger partial charge in [-0.3, -0.25) is 4.90 Å². The third-order valence-electron chi connectivity index (χ3n) is 6.21. The van der Waals surface area contributed by atoms with E-state index in [0.29, 0.717) is 6.54 Å². The molecule has 0 bridgehead atoms. The van der Waals surface area contributed by atoms with E-state index in [0.717, 1.165) is 43.4 Å². The average Bonchev–Trinajstić information content (AvgIpc) is 3.21. The molecular weight excluding hydrogens is 666 g/mol. The van der Waals surface area contributed by atoms with Gasteiger partial charge in [0.15, 0.2) is 6.67 Å². The van der Waals surface area contributed by atoms with Crippen LogP contribution in [0.5, 0.6) is 0 Å². The quantitative estimate of drug-likeness (QED) is 0.136. The summed E-state index contributed by atoms with van der Waals surface area (Å²) in [7, 11) is 0. The van der Waals surface area contributed by atoms with Gasteiger partial charge in [-0.05, 0) is 19.3 Å². The number of unbranched alkanes of at least 4 members (excludes halogenated alkanes) is 7. The van der Waals surface area contributed by atoms with Crippen molar-refractivity contribution in [3.8, 4) is 0 Å². The van der Waals surface area contributed by atoms with Crippen LogP contribution < -0.4 is 28.9 Å². The molecule has 0 fully saturated rings. The fourth-order valence-corrected chi connectivity index (χ4v) is 3.84. The molecule has 0 aromatic heterocycles. The van der Waals surface area contributed by atoms with E-state index in [4.69, 9.17) is 0 Å². The Balaban J connectivity index is 0.0000137. The molecule has 1 atom stereocenters. The van der Waals surface area contributed by atoms with Gasteiger partial charge in [0, 0.05) is 13.0 Å². The number of hydrogen-bond acceptors (Lipinski definition) is 1. The molecule has 1 aliphatic rings. The van der Waals surface area contributed by atoms with Gasteiger partial charge < -0.3 is 28.9 Å². The lowest BCUT2D eigenvalue weighted by molar-refractivity contribution is -0.849. The Labute approximate surface area is 230 Å². The molecule has 1 N–H and O–H groups in total. The summed E-state index contributed by atoms with van der Waals surface area (Å²) in [5.41, 5.74) is 0. The first-order valence-electron chi connectivity index (χ1n) is 12.0. The van der Waals surface area contributed by atoms with E-state index >= 15 is 0 Å². The summed E-state index contributed by atoms with van der Waals surface area (Å²) in [4.78, 5) is 2.29. The SMILES string of the molecule is CCCCCCCCCC[NH+]1C=CN(CCCC(F)(F)C(F)(F)C(F)(F)C(F)(F)C(F)(F)C(F)(F)F)C1.[I-]. The van der Waals surface area contributed by atoms with Crippen LogP contribution in [0.2, 0.25) is 0 Å². The van der Waals surface area contributed by atoms with Gasteiger partial charge in [-0.2, -0.15) is 57.1 Å². The van der Waals surface area contributed by atoms with Crippen LogP contribution in [0.25, 0.3) is 0 Å². The standard InChI is InChI=1S/C22H31F13N2.HI/c1-2-3-4-5-6-7-8-9-12-36-14-15-37(16-36)13-10-11-17(23,24)18(25,26)19(27,28)20(29,30)21(31,32)22(33,34)35;/h14-15H,2-13,16H2,1H3;1H. The molecule has 1 rings (SSSR count). The molecule has 1 aliphatic heterocycles. The summed E-state index contributed by atoms with van der Waals surface area (Å²) in [5.74, 6) is -36.5. The van der Waals surface area contributed by atoms with Crippen molar-refractivity contribution in [1.29, 1.82) is 0 Å². The van der Waals surface area contributed by atoms with Gasteiger partial charge in [-0.1, -0.05) is 45.4 Å². The van der Waals surface area contributed by atoms with E-state index in [2.05, 4.69) is 6.92 Å². The molecule has 0 aromatic rings. The van der Waals surface area contributed by atoms with Crippen LogP contribution in [0.4, 0.5) is 57.1 Å². The fraction of sp³-hybridized carbons (Fsp3) is 0.909. The van der Waals surface area contributed by atoms with Crippen LogP contribution in [0.15, 0.2) is 12.4 Å². The summed E-state index contributed by atoms with van der Waals surface area (Å²) >= 11 is 0. The number of nitrogens with one attached hydrogen (secondary N) is 1. The van der Waals surface area contributed by atoms with E-state index in [1.807, 2.05) is 0 Å². The lowest BCUT2D eigenvalue weighted by atomic mass is 9.92. The maximum Gasteiger partial charge on any atom is 0.460 e. The molecule has 0 radical (unpaired) electrons.